The van der Waals surface area contributed by atoms with Crippen molar-refractivity contribution in [3.8, 4) is 16.8 Å². The molecule has 11 rings (SSSR count). The van der Waals surface area contributed by atoms with E-state index in [4.69, 9.17) is 0 Å². The van der Waals surface area contributed by atoms with Crippen molar-refractivity contribution < 1.29 is 0 Å². The van der Waals surface area contributed by atoms with E-state index in [0.717, 1.165) is 22.7 Å². The Bertz CT molecular complexity index is 3170. The highest BCUT2D eigenvalue weighted by atomic mass is 32.1. The molecule has 0 saturated carbocycles. The van der Waals surface area contributed by atoms with Crippen LogP contribution in [-0.2, 0) is 0 Å². The van der Waals surface area contributed by atoms with Gasteiger partial charge in [0.25, 0.3) is 0 Å². The van der Waals surface area contributed by atoms with Crippen LogP contribution in [0.5, 0.6) is 0 Å². The van der Waals surface area contributed by atoms with Gasteiger partial charge in [-0.25, -0.2) is 0 Å². The Balaban J connectivity index is 1.11. The average molecular weight is 693 g/mol. The number of rotatable bonds is 5. The Morgan fingerprint density at radius 2 is 0.981 bits per heavy atom. The normalized spacial score (nSPS) is 11.8. The van der Waals surface area contributed by atoms with Crippen LogP contribution in [-0.4, -0.2) is 4.57 Å². The van der Waals surface area contributed by atoms with Gasteiger partial charge in [0.1, 0.15) is 0 Å². The van der Waals surface area contributed by atoms with Gasteiger partial charge in [0.15, 0.2) is 0 Å². The molecule has 0 aliphatic rings. The maximum atomic E-state index is 2.42. The van der Waals surface area contributed by atoms with Gasteiger partial charge in [0.2, 0.25) is 0 Å². The van der Waals surface area contributed by atoms with Crippen molar-refractivity contribution in [2.75, 3.05) is 4.90 Å². The summed E-state index contributed by atoms with van der Waals surface area (Å²) in [7, 11) is 0. The summed E-state index contributed by atoms with van der Waals surface area (Å²) < 4.78 is 5.04. The second-order valence-corrected chi connectivity index (χ2v) is 14.8. The first-order valence-electron chi connectivity index (χ1n) is 18.1. The van der Waals surface area contributed by atoms with E-state index in [9.17, 15) is 0 Å². The highest BCUT2D eigenvalue weighted by molar-refractivity contribution is 7.26. The van der Waals surface area contributed by atoms with Crippen molar-refractivity contribution in [3.05, 3.63) is 194 Å². The zero-order valence-corrected chi connectivity index (χ0v) is 29.6. The highest BCUT2D eigenvalue weighted by Crippen LogP contribution is 2.43. The molecule has 0 spiro atoms. The summed E-state index contributed by atoms with van der Waals surface area (Å²) in [6.45, 7) is 0. The van der Waals surface area contributed by atoms with E-state index in [2.05, 4.69) is 204 Å². The van der Waals surface area contributed by atoms with Crippen LogP contribution in [0.4, 0.5) is 17.1 Å². The summed E-state index contributed by atoms with van der Waals surface area (Å²) in [6.07, 6.45) is 0. The summed E-state index contributed by atoms with van der Waals surface area (Å²) in [5, 5.41) is 10.1. The average Bonchev–Trinajstić information content (AvgIpc) is 3.77. The third-order valence-corrected chi connectivity index (χ3v) is 12.0. The molecule has 3 heteroatoms. The van der Waals surface area contributed by atoms with E-state index in [0.29, 0.717) is 0 Å². The lowest BCUT2D eigenvalue weighted by Crippen LogP contribution is -2.10. The number of benzene rings is 9. The molecule has 11 aromatic rings. The molecule has 0 atom stereocenters. The van der Waals surface area contributed by atoms with Crippen LogP contribution in [0, 0.1) is 0 Å². The number of hydrogen-bond donors (Lipinski definition) is 0. The molecule has 0 N–H and O–H groups in total. The molecule has 2 nitrogen and oxygen atoms in total. The summed E-state index contributed by atoms with van der Waals surface area (Å²) in [6, 6.07) is 71.0. The molecule has 53 heavy (non-hydrogen) atoms. The first-order chi connectivity index (χ1) is 26.3. The quantitative estimate of drug-likeness (QED) is 0.163. The lowest BCUT2D eigenvalue weighted by Gasteiger charge is -2.26. The van der Waals surface area contributed by atoms with Crippen LogP contribution in [0.3, 0.4) is 0 Å². The highest BCUT2D eigenvalue weighted by Gasteiger charge is 2.19. The molecule has 0 aliphatic heterocycles. The van der Waals surface area contributed by atoms with Gasteiger partial charge >= 0.3 is 0 Å². The van der Waals surface area contributed by atoms with Crippen molar-refractivity contribution in [1.29, 1.82) is 0 Å². The molecule has 2 heterocycles. The number of nitrogens with zero attached hydrogens (tertiary/aromatic N) is 2. The molecule has 0 radical (unpaired) electrons. The maximum Gasteiger partial charge on any atom is 0.0542 e. The Morgan fingerprint density at radius 1 is 0.377 bits per heavy atom. The Kier molecular flexibility index (Phi) is 6.76. The maximum absolute atomic E-state index is 2.42. The lowest BCUT2D eigenvalue weighted by molar-refractivity contribution is 1.18. The summed E-state index contributed by atoms with van der Waals surface area (Å²) >= 11 is 1.88. The topological polar surface area (TPSA) is 8.17 Å². The van der Waals surface area contributed by atoms with Crippen molar-refractivity contribution in [3.63, 3.8) is 0 Å². The Hall–Kier alpha value is -6.68. The molecule has 0 amide bonds. The minimum absolute atomic E-state index is 1.11. The smallest absolute Gasteiger partial charge is 0.0542 e. The molecule has 0 aliphatic carbocycles. The molecule has 9 aromatic carbocycles. The van der Waals surface area contributed by atoms with Gasteiger partial charge in [-0.15, -0.1) is 11.3 Å². The van der Waals surface area contributed by atoms with Crippen LogP contribution in [0.2, 0.25) is 0 Å². The standard InChI is InChI=1S/C50H32N2S/c1-2-12-36(13-3-1)52-47-19-8-6-15-42(47)46-32-39(29-30-48(46)52)51(38-28-25-35-22-21-33-11-4-5-14-40(33)45(35)31-38)37-26-23-34(24-27-37)41-17-10-18-44-43-16-7-9-20-49(43)53-50(41)44/h1-32H. The lowest BCUT2D eigenvalue weighted by atomic mass is 10.00. The van der Waals surface area contributed by atoms with Gasteiger partial charge in [-0.2, -0.15) is 0 Å². The summed E-state index contributed by atoms with van der Waals surface area (Å²) in [4.78, 5) is 2.42. The van der Waals surface area contributed by atoms with Gasteiger partial charge in [0, 0.05) is 53.7 Å². The molecule has 248 valence electrons. The third kappa shape index (κ3) is 4.78. The fraction of sp³-hybridized carbons (Fsp3) is 0. The molecule has 0 unspecified atom stereocenters. The molecule has 0 bridgehead atoms. The predicted molar refractivity (Wildman–Crippen MR) is 229 cm³/mol. The summed E-state index contributed by atoms with van der Waals surface area (Å²) in [5.41, 5.74) is 9.40. The van der Waals surface area contributed by atoms with Crippen molar-refractivity contribution in [1.82, 2.24) is 4.57 Å². The predicted octanol–water partition coefficient (Wildman–Crippen LogP) is 14.6. The zero-order valence-electron chi connectivity index (χ0n) is 28.8. The van der Waals surface area contributed by atoms with Crippen molar-refractivity contribution >= 4 is 91.9 Å². The monoisotopic (exact) mass is 692 g/mol. The van der Waals surface area contributed by atoms with Crippen LogP contribution >= 0.6 is 11.3 Å². The minimum Gasteiger partial charge on any atom is -0.310 e. The molecule has 0 fully saturated rings. The fourth-order valence-corrected chi connectivity index (χ4v) is 9.53. The minimum atomic E-state index is 1.11. The van der Waals surface area contributed by atoms with Crippen LogP contribution in [0.15, 0.2) is 194 Å². The van der Waals surface area contributed by atoms with E-state index < -0.39 is 0 Å². The van der Waals surface area contributed by atoms with Crippen LogP contribution < -0.4 is 4.90 Å². The first kappa shape index (κ1) is 30.0. The van der Waals surface area contributed by atoms with Crippen LogP contribution in [0.1, 0.15) is 0 Å². The van der Waals surface area contributed by atoms with E-state index in [1.54, 1.807) is 0 Å². The van der Waals surface area contributed by atoms with E-state index in [-0.39, 0.29) is 0 Å². The number of aromatic nitrogens is 1. The van der Waals surface area contributed by atoms with E-state index >= 15 is 0 Å². The number of para-hydroxylation sites is 2. The molecule has 2 aromatic heterocycles. The Labute approximate surface area is 311 Å². The number of thiophene rings is 1. The van der Waals surface area contributed by atoms with Crippen LogP contribution in [0.25, 0.3) is 80.3 Å². The largest absolute Gasteiger partial charge is 0.310 e. The summed E-state index contributed by atoms with van der Waals surface area (Å²) in [5.74, 6) is 0. The fourth-order valence-electron chi connectivity index (χ4n) is 8.30. The first-order valence-corrected chi connectivity index (χ1v) is 18.9. The second-order valence-electron chi connectivity index (χ2n) is 13.7. The second kappa shape index (κ2) is 11.9. The Morgan fingerprint density at radius 3 is 1.83 bits per heavy atom. The van der Waals surface area contributed by atoms with Gasteiger partial charge in [-0.05, 0) is 99.4 Å². The van der Waals surface area contributed by atoms with Gasteiger partial charge in [-0.3, -0.25) is 0 Å². The molecular weight excluding hydrogens is 661 g/mol. The third-order valence-electron chi connectivity index (χ3n) is 10.8. The number of hydrogen-bond acceptors (Lipinski definition) is 2. The van der Waals surface area contributed by atoms with Gasteiger partial charge < -0.3 is 9.47 Å². The number of anilines is 3. The SMILES string of the molecule is c1ccc(-n2c3ccccc3c3cc(N(c4ccc(-c5cccc6c5sc5ccccc56)cc4)c4ccc5ccc6ccccc6c5c4)ccc32)cc1. The molecular formula is C50H32N2S. The van der Waals surface area contributed by atoms with Gasteiger partial charge in [0.05, 0.1) is 11.0 Å². The number of fused-ring (bicyclic) bond motifs is 9. The van der Waals surface area contributed by atoms with Crippen molar-refractivity contribution in [2.45, 2.75) is 0 Å². The van der Waals surface area contributed by atoms with E-state index in [1.807, 2.05) is 11.3 Å². The van der Waals surface area contributed by atoms with Crippen molar-refractivity contribution in [2.24, 2.45) is 0 Å². The zero-order chi connectivity index (χ0) is 34.9. The molecule has 0 saturated heterocycles. The van der Waals surface area contributed by atoms with E-state index in [1.165, 1.54) is 74.6 Å². The van der Waals surface area contributed by atoms with Gasteiger partial charge in [-0.1, -0.05) is 127 Å².